The van der Waals surface area contributed by atoms with Crippen molar-refractivity contribution in [3.8, 4) is 5.75 Å². The van der Waals surface area contributed by atoms with Crippen molar-refractivity contribution in [2.24, 2.45) is 11.5 Å². The normalized spacial score (nSPS) is 16.9. The summed E-state index contributed by atoms with van der Waals surface area (Å²) in [6, 6.07) is 12.1. The number of amides is 3. The number of benzene rings is 2. The summed E-state index contributed by atoms with van der Waals surface area (Å²) in [5, 5.41) is 15.8. The minimum absolute atomic E-state index is 0.0691. The molecule has 1 fully saturated rings. The second-order valence-electron chi connectivity index (χ2n) is 9.52. The second kappa shape index (κ2) is 16.4. The van der Waals surface area contributed by atoms with Crippen LogP contribution in [0.15, 0.2) is 42.5 Å². The van der Waals surface area contributed by atoms with Crippen LogP contribution in [0.2, 0.25) is 0 Å². The molecule has 1 saturated heterocycles. The molecular weight excluding hydrogens is 489 g/mol. The summed E-state index contributed by atoms with van der Waals surface area (Å²) < 4.78 is 12.4. The van der Waals surface area contributed by atoms with Gasteiger partial charge in [-0.3, -0.25) is 19.7 Å². The van der Waals surface area contributed by atoms with Gasteiger partial charge in [0.2, 0.25) is 12.8 Å². The third-order valence-corrected chi connectivity index (χ3v) is 5.98. The van der Waals surface area contributed by atoms with E-state index in [4.69, 9.17) is 10.5 Å². The monoisotopic (exact) mass is 531 g/mol. The van der Waals surface area contributed by atoms with Crippen molar-refractivity contribution < 1.29 is 23.9 Å². The molecule has 1 aliphatic heterocycles. The Balaban J connectivity index is 0.000000428. The molecule has 3 amide bonds. The fourth-order valence-corrected chi connectivity index (χ4v) is 3.82. The molecule has 9 nitrogen and oxygen atoms in total. The molecule has 3 rings (SSSR count). The maximum absolute atomic E-state index is 12.4. The zero-order valence-electron chi connectivity index (χ0n) is 22.7. The summed E-state index contributed by atoms with van der Waals surface area (Å²) in [6.45, 7) is 6.47. The highest BCUT2D eigenvalue weighted by Gasteiger charge is 2.53. The minimum atomic E-state index is -0.892. The number of phenolic OH excluding ortho intramolecular Hbond substituents is 1. The van der Waals surface area contributed by atoms with Gasteiger partial charge in [-0.15, -0.1) is 0 Å². The summed E-state index contributed by atoms with van der Waals surface area (Å²) in [6.07, 6.45) is 5.36. The topological polar surface area (TPSA) is 161 Å². The summed E-state index contributed by atoms with van der Waals surface area (Å²) in [4.78, 5) is 33.2. The van der Waals surface area contributed by atoms with Crippen molar-refractivity contribution in [3.63, 3.8) is 0 Å². The number of unbranched alkanes of at least 4 members (excludes halogenated alkanes) is 1. The SMILES string of the molecule is CC(N)Cc1ccc(F)cc1.CCCCc1cc(CC(C)NC(=O)C2(N(C)C=O)CN2)ccc1O.NC=O. The van der Waals surface area contributed by atoms with Gasteiger partial charge < -0.3 is 26.8 Å². The van der Waals surface area contributed by atoms with E-state index < -0.39 is 5.66 Å². The first-order chi connectivity index (χ1) is 18.0. The molecule has 38 heavy (non-hydrogen) atoms. The highest BCUT2D eigenvalue weighted by Crippen LogP contribution is 2.23. The first-order valence-electron chi connectivity index (χ1n) is 12.7. The smallest absolute Gasteiger partial charge is 0.262 e. The van der Waals surface area contributed by atoms with Crippen LogP contribution in [-0.4, -0.2) is 60.1 Å². The van der Waals surface area contributed by atoms with Gasteiger partial charge in [0.25, 0.3) is 5.91 Å². The van der Waals surface area contributed by atoms with Crippen LogP contribution in [0.4, 0.5) is 4.39 Å². The maximum Gasteiger partial charge on any atom is 0.262 e. The van der Waals surface area contributed by atoms with Crippen LogP contribution in [0, 0.1) is 5.82 Å². The van der Waals surface area contributed by atoms with Crippen LogP contribution >= 0.6 is 0 Å². The van der Waals surface area contributed by atoms with Gasteiger partial charge in [-0.1, -0.05) is 37.6 Å². The van der Waals surface area contributed by atoms with Crippen molar-refractivity contribution in [3.05, 3.63) is 65.0 Å². The van der Waals surface area contributed by atoms with E-state index in [0.717, 1.165) is 42.4 Å². The van der Waals surface area contributed by atoms with Crippen LogP contribution in [0.5, 0.6) is 5.75 Å². The lowest BCUT2D eigenvalue weighted by molar-refractivity contribution is -0.134. The van der Waals surface area contributed by atoms with Crippen LogP contribution in [0.1, 0.15) is 50.3 Å². The molecule has 7 N–H and O–H groups in total. The fourth-order valence-electron chi connectivity index (χ4n) is 3.82. The van der Waals surface area contributed by atoms with E-state index in [2.05, 4.69) is 23.3 Å². The first-order valence-corrected chi connectivity index (χ1v) is 12.7. The predicted octanol–water partition coefficient (Wildman–Crippen LogP) is 1.99. The average Bonchev–Trinajstić information content (AvgIpc) is 3.68. The number of carbonyl (C=O) groups excluding carboxylic acids is 3. The fraction of sp³-hybridized carbons (Fsp3) is 0.464. The van der Waals surface area contributed by atoms with Gasteiger partial charge in [0.1, 0.15) is 11.6 Å². The molecule has 3 atom stereocenters. The molecule has 3 unspecified atom stereocenters. The number of aromatic hydroxyl groups is 1. The van der Waals surface area contributed by atoms with E-state index in [1.807, 2.05) is 26.0 Å². The summed E-state index contributed by atoms with van der Waals surface area (Å²) in [7, 11) is 1.59. The first kappa shape index (κ1) is 32.5. The lowest BCUT2D eigenvalue weighted by Crippen LogP contribution is -2.52. The molecule has 0 spiro atoms. The number of nitrogens with zero attached hydrogens (tertiary/aromatic N) is 1. The third-order valence-electron chi connectivity index (χ3n) is 5.98. The minimum Gasteiger partial charge on any atom is -0.508 e. The van der Waals surface area contributed by atoms with Crippen molar-refractivity contribution in [2.75, 3.05) is 13.6 Å². The summed E-state index contributed by atoms with van der Waals surface area (Å²) in [5.41, 5.74) is 12.0. The van der Waals surface area contributed by atoms with Crippen LogP contribution in [0.3, 0.4) is 0 Å². The van der Waals surface area contributed by atoms with Gasteiger partial charge in [-0.2, -0.15) is 0 Å². The Morgan fingerprint density at radius 3 is 2.26 bits per heavy atom. The van der Waals surface area contributed by atoms with E-state index in [1.54, 1.807) is 25.2 Å². The van der Waals surface area contributed by atoms with Gasteiger partial charge in [0.05, 0.1) is 0 Å². The lowest BCUT2D eigenvalue weighted by atomic mass is 10.0. The van der Waals surface area contributed by atoms with Gasteiger partial charge in [-0.05, 0) is 74.4 Å². The number of nitrogens with one attached hydrogen (secondary N) is 2. The molecule has 10 heteroatoms. The van der Waals surface area contributed by atoms with E-state index in [-0.39, 0.29) is 30.2 Å². The Morgan fingerprint density at radius 2 is 1.76 bits per heavy atom. The third kappa shape index (κ3) is 10.9. The lowest BCUT2D eigenvalue weighted by Gasteiger charge is -2.24. The number of aryl methyl sites for hydroxylation is 1. The van der Waals surface area contributed by atoms with Crippen molar-refractivity contribution >= 4 is 18.7 Å². The maximum atomic E-state index is 12.4. The Labute approximate surface area is 224 Å². The molecule has 1 aliphatic rings. The standard InChI is InChI=1S/C18H27N3O3.C9H12FN.CH3NO/c1-4-5-6-15-10-14(7-8-16(15)23)9-13(2)20-17(24)18(11-19-18)21(3)12-22;1-7(11)6-8-2-4-9(10)5-3-8;2-1-3/h7-8,10,12-13,19,23H,4-6,9,11H2,1-3H3,(H,20,24);2-5,7H,6,11H2,1H3;1H,(H2,2,3). The molecule has 1 heterocycles. The van der Waals surface area contributed by atoms with Crippen LogP contribution in [-0.2, 0) is 33.6 Å². The molecule has 2 aromatic carbocycles. The van der Waals surface area contributed by atoms with E-state index >= 15 is 0 Å². The van der Waals surface area contributed by atoms with E-state index in [1.165, 1.54) is 17.0 Å². The number of rotatable bonds is 11. The molecule has 0 radical (unpaired) electrons. The van der Waals surface area contributed by atoms with Crippen molar-refractivity contribution in [1.29, 1.82) is 0 Å². The zero-order valence-corrected chi connectivity index (χ0v) is 22.7. The molecule has 0 bridgehead atoms. The molecule has 0 saturated carbocycles. The Kier molecular flexibility index (Phi) is 14.0. The number of halogens is 1. The molecule has 0 aliphatic carbocycles. The summed E-state index contributed by atoms with van der Waals surface area (Å²) >= 11 is 0. The van der Waals surface area contributed by atoms with Crippen molar-refractivity contribution in [1.82, 2.24) is 15.5 Å². The quantitative estimate of drug-likeness (QED) is 0.220. The molecule has 0 aromatic heterocycles. The number of hydrogen-bond acceptors (Lipinski definition) is 6. The molecule has 2 aromatic rings. The number of nitrogens with two attached hydrogens (primary N) is 2. The second-order valence-corrected chi connectivity index (χ2v) is 9.52. The predicted molar refractivity (Wildman–Crippen MR) is 147 cm³/mol. The number of hydrogen-bond donors (Lipinski definition) is 5. The number of primary amides is 1. The highest BCUT2D eigenvalue weighted by molar-refractivity contribution is 5.91. The van der Waals surface area contributed by atoms with E-state index in [0.29, 0.717) is 25.1 Å². The van der Waals surface area contributed by atoms with Gasteiger partial charge in [0.15, 0.2) is 5.66 Å². The molecular formula is C28H42FN5O4. The zero-order chi connectivity index (χ0) is 28.7. The summed E-state index contributed by atoms with van der Waals surface area (Å²) in [5.74, 6) is -0.0503. The Morgan fingerprint density at radius 1 is 1.18 bits per heavy atom. The molecule has 210 valence electrons. The van der Waals surface area contributed by atoms with Crippen LogP contribution in [0.25, 0.3) is 0 Å². The number of phenols is 1. The van der Waals surface area contributed by atoms with E-state index in [9.17, 15) is 19.1 Å². The van der Waals surface area contributed by atoms with Crippen LogP contribution < -0.4 is 22.1 Å². The Bertz CT molecular complexity index is 1010. The Hall–Kier alpha value is -3.50. The van der Waals surface area contributed by atoms with Gasteiger partial charge in [0, 0.05) is 25.7 Å². The van der Waals surface area contributed by atoms with Gasteiger partial charge >= 0.3 is 0 Å². The number of likely N-dealkylation sites (N-methyl/N-ethyl adjacent to an activating group) is 1. The highest BCUT2D eigenvalue weighted by atomic mass is 19.1. The largest absolute Gasteiger partial charge is 0.508 e. The average molecular weight is 532 g/mol. The number of carbonyl (C=O) groups is 3. The van der Waals surface area contributed by atoms with Gasteiger partial charge in [-0.25, -0.2) is 4.39 Å². The van der Waals surface area contributed by atoms with Crippen molar-refractivity contribution in [2.45, 2.75) is 70.6 Å².